The Labute approximate surface area is 329 Å². The second-order valence-corrected chi connectivity index (χ2v) is 15.8. The van der Waals surface area contributed by atoms with Crippen molar-refractivity contribution in [1.82, 2.24) is 9.88 Å². The van der Waals surface area contributed by atoms with E-state index in [0.29, 0.717) is 0 Å². The lowest BCUT2D eigenvalue weighted by Crippen LogP contribution is -2.32. The number of hydrogen-bond donors (Lipinski definition) is 0. The molecule has 0 N–H and O–H groups in total. The fourth-order valence-electron chi connectivity index (χ4n) is 7.26. The van der Waals surface area contributed by atoms with Gasteiger partial charge in [-0.05, 0) is 115 Å². The molecule has 1 aromatic rings. The SMILES string of the molecule is CCCCC/C=C\C/C=C\CCCCCCCCC1(CCCCCCCC/C=C\C/C=C\CCCCC)OCC(CCN(C)CCc2ccncc2)O1. The Balaban J connectivity index is 1.63. The van der Waals surface area contributed by atoms with E-state index in [9.17, 15) is 0 Å². The third-order valence-electron chi connectivity index (χ3n) is 10.8. The highest BCUT2D eigenvalue weighted by atomic mass is 16.7. The van der Waals surface area contributed by atoms with Gasteiger partial charge < -0.3 is 14.4 Å². The van der Waals surface area contributed by atoms with Gasteiger partial charge in [0.25, 0.3) is 0 Å². The summed E-state index contributed by atoms with van der Waals surface area (Å²) in [6.07, 6.45) is 57.9. The van der Waals surface area contributed by atoms with Gasteiger partial charge in [-0.25, -0.2) is 0 Å². The molecule has 53 heavy (non-hydrogen) atoms. The van der Waals surface area contributed by atoms with Crippen molar-refractivity contribution >= 4 is 0 Å². The summed E-state index contributed by atoms with van der Waals surface area (Å²) in [6, 6.07) is 4.25. The molecule has 0 saturated carbocycles. The van der Waals surface area contributed by atoms with Crippen LogP contribution in [0, 0.1) is 0 Å². The lowest BCUT2D eigenvalue weighted by molar-refractivity contribution is -0.180. The van der Waals surface area contributed by atoms with Crippen molar-refractivity contribution in [2.24, 2.45) is 0 Å². The Morgan fingerprint density at radius 2 is 1.06 bits per heavy atom. The van der Waals surface area contributed by atoms with Gasteiger partial charge in [0, 0.05) is 38.3 Å². The number of hydrogen-bond acceptors (Lipinski definition) is 4. The largest absolute Gasteiger partial charge is 0.347 e. The molecular weight excluding hydrogens is 649 g/mol. The summed E-state index contributed by atoms with van der Waals surface area (Å²) < 4.78 is 13.4. The molecule has 1 unspecified atom stereocenters. The summed E-state index contributed by atoms with van der Waals surface area (Å²) in [4.78, 5) is 6.59. The average Bonchev–Trinajstić information content (AvgIpc) is 3.59. The number of ether oxygens (including phenoxy) is 2. The van der Waals surface area contributed by atoms with Crippen LogP contribution in [0.1, 0.15) is 193 Å². The molecule has 1 saturated heterocycles. The number of pyridine rings is 1. The van der Waals surface area contributed by atoms with Crippen LogP contribution in [0.2, 0.25) is 0 Å². The van der Waals surface area contributed by atoms with E-state index in [1.807, 2.05) is 12.4 Å². The predicted molar refractivity (Wildman–Crippen MR) is 232 cm³/mol. The third-order valence-corrected chi connectivity index (χ3v) is 10.8. The monoisotopic (exact) mass is 733 g/mol. The summed E-state index contributed by atoms with van der Waals surface area (Å²) in [6.45, 7) is 7.40. The second kappa shape index (κ2) is 34.5. The smallest absolute Gasteiger partial charge is 0.168 e. The van der Waals surface area contributed by atoms with Crippen molar-refractivity contribution in [3.63, 3.8) is 0 Å². The Bertz CT molecular complexity index is 1000. The Morgan fingerprint density at radius 3 is 1.55 bits per heavy atom. The van der Waals surface area contributed by atoms with Crippen molar-refractivity contribution in [3.05, 3.63) is 78.7 Å². The van der Waals surface area contributed by atoms with E-state index in [4.69, 9.17) is 9.47 Å². The van der Waals surface area contributed by atoms with Gasteiger partial charge in [-0.3, -0.25) is 4.98 Å². The summed E-state index contributed by atoms with van der Waals surface area (Å²) in [5.41, 5.74) is 1.35. The minimum absolute atomic E-state index is 0.215. The molecule has 1 aliphatic heterocycles. The van der Waals surface area contributed by atoms with Gasteiger partial charge in [-0.15, -0.1) is 0 Å². The van der Waals surface area contributed by atoms with Crippen LogP contribution in [0.25, 0.3) is 0 Å². The molecule has 0 spiro atoms. The van der Waals surface area contributed by atoms with E-state index in [-0.39, 0.29) is 11.9 Å². The van der Waals surface area contributed by atoms with E-state index in [1.54, 1.807) is 0 Å². The summed E-state index contributed by atoms with van der Waals surface area (Å²) in [5, 5.41) is 0. The van der Waals surface area contributed by atoms with E-state index >= 15 is 0 Å². The first-order chi connectivity index (χ1) is 26.2. The minimum Gasteiger partial charge on any atom is -0.347 e. The molecule has 0 bridgehead atoms. The lowest BCUT2D eigenvalue weighted by Gasteiger charge is -2.29. The van der Waals surface area contributed by atoms with E-state index in [0.717, 1.165) is 58.2 Å². The van der Waals surface area contributed by atoms with Crippen molar-refractivity contribution in [2.75, 3.05) is 26.7 Å². The van der Waals surface area contributed by atoms with Crippen LogP contribution in [0.3, 0.4) is 0 Å². The number of rotatable bonds is 36. The van der Waals surface area contributed by atoms with Crippen molar-refractivity contribution in [2.45, 2.75) is 206 Å². The highest BCUT2D eigenvalue weighted by molar-refractivity contribution is 5.09. The first kappa shape index (κ1) is 47.1. The summed E-state index contributed by atoms with van der Waals surface area (Å²) >= 11 is 0. The quantitative estimate of drug-likeness (QED) is 0.0508. The van der Waals surface area contributed by atoms with Crippen LogP contribution in [0.5, 0.6) is 0 Å². The Morgan fingerprint density at radius 1 is 0.604 bits per heavy atom. The van der Waals surface area contributed by atoms with Crippen LogP contribution < -0.4 is 0 Å². The minimum atomic E-state index is -0.356. The number of allylic oxidation sites excluding steroid dienone is 8. The maximum Gasteiger partial charge on any atom is 0.168 e. The molecule has 0 aliphatic carbocycles. The molecule has 1 fully saturated rings. The molecule has 0 radical (unpaired) electrons. The fraction of sp³-hybridized carbons (Fsp3) is 0.735. The number of aromatic nitrogens is 1. The lowest BCUT2D eigenvalue weighted by atomic mass is 9.98. The van der Waals surface area contributed by atoms with Gasteiger partial charge in [-0.1, -0.05) is 140 Å². The van der Waals surface area contributed by atoms with Gasteiger partial charge >= 0.3 is 0 Å². The number of nitrogens with zero attached hydrogens (tertiary/aromatic N) is 2. The van der Waals surface area contributed by atoms with Crippen molar-refractivity contribution in [3.8, 4) is 0 Å². The molecule has 4 nitrogen and oxygen atoms in total. The van der Waals surface area contributed by atoms with Gasteiger partial charge in [0.2, 0.25) is 0 Å². The van der Waals surface area contributed by atoms with Gasteiger partial charge in [0.1, 0.15) is 0 Å². The molecule has 302 valence electrons. The van der Waals surface area contributed by atoms with Crippen LogP contribution in [-0.2, 0) is 15.9 Å². The molecule has 1 aromatic heterocycles. The molecule has 0 aromatic carbocycles. The first-order valence-electron chi connectivity index (χ1n) is 22.7. The van der Waals surface area contributed by atoms with Crippen LogP contribution in [-0.4, -0.2) is 48.5 Å². The zero-order valence-electron chi connectivity index (χ0n) is 35.1. The molecule has 2 heterocycles. The second-order valence-electron chi connectivity index (χ2n) is 15.8. The topological polar surface area (TPSA) is 34.6 Å². The first-order valence-corrected chi connectivity index (χ1v) is 22.7. The molecule has 2 rings (SSSR count). The Kier molecular flexibility index (Phi) is 30.7. The number of unbranched alkanes of at least 4 members (excludes halogenated alkanes) is 18. The zero-order chi connectivity index (χ0) is 37.8. The maximum atomic E-state index is 6.83. The normalized spacial score (nSPS) is 16.2. The maximum absolute atomic E-state index is 6.83. The Hall–Kier alpha value is -2.01. The van der Waals surface area contributed by atoms with E-state index < -0.39 is 0 Å². The van der Waals surface area contributed by atoms with E-state index in [2.05, 4.69) is 91.5 Å². The highest BCUT2D eigenvalue weighted by Crippen LogP contribution is 2.35. The molecular formula is C49H84N2O2. The summed E-state index contributed by atoms with van der Waals surface area (Å²) in [5.74, 6) is -0.356. The highest BCUT2D eigenvalue weighted by Gasteiger charge is 2.40. The van der Waals surface area contributed by atoms with Gasteiger partial charge in [0.15, 0.2) is 5.79 Å². The standard InChI is InChI=1S/C49H84N2O2/c1-4-6-8-10-12-14-16-18-20-22-24-26-28-30-32-34-40-49(41-35-33-31-29-27-25-23-21-19-17-15-13-11-9-7-5-2)52-46-48(53-49)39-45-51(3)44-38-47-36-42-50-43-37-47/h12-15,18-21,36-37,42-43,48H,4-11,16-17,22-35,38-41,44-46H2,1-3H3/b14-12-,15-13-,20-18-,21-19-. The fourth-order valence-corrected chi connectivity index (χ4v) is 7.26. The van der Waals surface area contributed by atoms with Crippen molar-refractivity contribution in [1.29, 1.82) is 0 Å². The van der Waals surface area contributed by atoms with Gasteiger partial charge in [0.05, 0.1) is 12.7 Å². The van der Waals surface area contributed by atoms with E-state index in [1.165, 1.54) is 147 Å². The van der Waals surface area contributed by atoms with Crippen molar-refractivity contribution < 1.29 is 9.47 Å². The summed E-state index contributed by atoms with van der Waals surface area (Å²) in [7, 11) is 2.23. The van der Waals surface area contributed by atoms with Crippen LogP contribution in [0.15, 0.2) is 73.1 Å². The van der Waals surface area contributed by atoms with Crippen LogP contribution in [0.4, 0.5) is 0 Å². The molecule has 0 amide bonds. The molecule has 1 atom stereocenters. The zero-order valence-corrected chi connectivity index (χ0v) is 35.1. The average molecular weight is 733 g/mol. The molecule has 1 aliphatic rings. The number of likely N-dealkylation sites (N-methyl/N-ethyl adjacent to an activating group) is 1. The third kappa shape index (κ3) is 27.3. The predicted octanol–water partition coefficient (Wildman–Crippen LogP) is 14.5. The van der Waals surface area contributed by atoms with Crippen LogP contribution >= 0.6 is 0 Å². The van der Waals surface area contributed by atoms with Gasteiger partial charge in [-0.2, -0.15) is 0 Å². The molecule has 4 heteroatoms.